The molecule has 2 rings (SSSR count). The Bertz CT molecular complexity index is 700. The highest BCUT2D eigenvalue weighted by Gasteiger charge is 2.29. The van der Waals surface area contributed by atoms with Crippen molar-refractivity contribution < 1.29 is 12.8 Å². The van der Waals surface area contributed by atoms with Gasteiger partial charge in [0.1, 0.15) is 16.5 Å². The summed E-state index contributed by atoms with van der Waals surface area (Å²) in [6.45, 7) is 7.96. The van der Waals surface area contributed by atoms with Gasteiger partial charge in [0.25, 0.3) is 0 Å². The molecule has 0 radical (unpaired) electrons. The minimum Gasteiger partial charge on any atom is -0.467 e. The van der Waals surface area contributed by atoms with Crippen LogP contribution in [0.3, 0.4) is 0 Å². The van der Waals surface area contributed by atoms with Crippen molar-refractivity contribution in [3.63, 3.8) is 0 Å². The standard InChI is InChI=1S/C16H23N3O3S/c1-12(2)19(13(3)4)23(20,21)15-7-8-16(18-11-15)17-10-14-6-5-9-22-14/h5-9,11-13H,10H2,1-4H3,(H,17,18). The SMILES string of the molecule is CC(C)N(C(C)C)S(=O)(=O)c1ccc(NCc2ccco2)nc1. The number of sulfonamides is 1. The van der Waals surface area contributed by atoms with Gasteiger partial charge in [-0.15, -0.1) is 0 Å². The fraction of sp³-hybridized carbons (Fsp3) is 0.438. The van der Waals surface area contributed by atoms with Gasteiger partial charge in [0.15, 0.2) is 0 Å². The van der Waals surface area contributed by atoms with E-state index in [1.165, 1.54) is 10.5 Å². The average Bonchev–Trinajstić information content (AvgIpc) is 2.97. The van der Waals surface area contributed by atoms with Gasteiger partial charge in [-0.2, -0.15) is 4.31 Å². The Morgan fingerprint density at radius 2 is 1.87 bits per heavy atom. The number of hydrogen-bond acceptors (Lipinski definition) is 5. The summed E-state index contributed by atoms with van der Waals surface area (Å²) >= 11 is 0. The summed E-state index contributed by atoms with van der Waals surface area (Å²) in [4.78, 5) is 4.38. The lowest BCUT2D eigenvalue weighted by atomic mass is 10.3. The number of nitrogens with one attached hydrogen (secondary N) is 1. The molecule has 0 aliphatic rings. The molecule has 0 aromatic carbocycles. The molecule has 0 fully saturated rings. The van der Waals surface area contributed by atoms with Gasteiger partial charge in [0, 0.05) is 18.3 Å². The van der Waals surface area contributed by atoms with Crippen LogP contribution in [0.2, 0.25) is 0 Å². The predicted molar refractivity (Wildman–Crippen MR) is 89.6 cm³/mol. The molecule has 1 N–H and O–H groups in total. The molecule has 0 unspecified atom stereocenters. The monoisotopic (exact) mass is 337 g/mol. The molecule has 126 valence electrons. The molecule has 0 spiro atoms. The van der Waals surface area contributed by atoms with Crippen molar-refractivity contribution in [2.75, 3.05) is 5.32 Å². The second-order valence-corrected chi connectivity index (χ2v) is 7.68. The van der Waals surface area contributed by atoms with Crippen LogP contribution in [0.1, 0.15) is 33.5 Å². The lowest BCUT2D eigenvalue weighted by Gasteiger charge is -2.29. The summed E-state index contributed by atoms with van der Waals surface area (Å²) in [6.07, 6.45) is 2.99. The number of rotatable bonds is 7. The zero-order valence-electron chi connectivity index (χ0n) is 13.9. The molecule has 0 aliphatic carbocycles. The number of hydrogen-bond donors (Lipinski definition) is 1. The lowest BCUT2D eigenvalue weighted by Crippen LogP contribution is -2.41. The van der Waals surface area contributed by atoms with E-state index in [0.717, 1.165) is 5.76 Å². The highest BCUT2D eigenvalue weighted by Crippen LogP contribution is 2.21. The Hall–Kier alpha value is -1.86. The number of nitrogens with zero attached hydrogens (tertiary/aromatic N) is 2. The highest BCUT2D eigenvalue weighted by atomic mass is 32.2. The third-order valence-electron chi connectivity index (χ3n) is 3.35. The first-order chi connectivity index (χ1) is 10.8. The first kappa shape index (κ1) is 17.5. The van der Waals surface area contributed by atoms with Crippen LogP contribution in [0, 0.1) is 0 Å². The van der Waals surface area contributed by atoms with Crippen molar-refractivity contribution in [2.24, 2.45) is 0 Å². The zero-order valence-corrected chi connectivity index (χ0v) is 14.7. The molecule has 0 aliphatic heterocycles. The van der Waals surface area contributed by atoms with E-state index in [9.17, 15) is 8.42 Å². The molecule has 6 nitrogen and oxygen atoms in total. The van der Waals surface area contributed by atoms with Gasteiger partial charge in [-0.25, -0.2) is 13.4 Å². The first-order valence-corrected chi connectivity index (χ1v) is 9.02. The van der Waals surface area contributed by atoms with Gasteiger partial charge >= 0.3 is 0 Å². The van der Waals surface area contributed by atoms with Crippen LogP contribution >= 0.6 is 0 Å². The van der Waals surface area contributed by atoms with Gasteiger partial charge in [-0.05, 0) is 52.0 Å². The van der Waals surface area contributed by atoms with Gasteiger partial charge in [-0.1, -0.05) is 0 Å². The molecule has 0 saturated heterocycles. The third kappa shape index (κ3) is 4.11. The first-order valence-electron chi connectivity index (χ1n) is 7.58. The van der Waals surface area contributed by atoms with Crippen molar-refractivity contribution in [1.29, 1.82) is 0 Å². The molecule has 23 heavy (non-hydrogen) atoms. The van der Waals surface area contributed by atoms with Crippen molar-refractivity contribution in [2.45, 2.75) is 51.2 Å². The molecule has 0 saturated carbocycles. The predicted octanol–water partition coefficient (Wildman–Crippen LogP) is 3.09. The van der Waals surface area contributed by atoms with E-state index in [-0.39, 0.29) is 17.0 Å². The van der Waals surface area contributed by atoms with Crippen molar-refractivity contribution in [3.05, 3.63) is 42.5 Å². The summed E-state index contributed by atoms with van der Waals surface area (Å²) in [5.74, 6) is 1.38. The van der Waals surface area contributed by atoms with Crippen LogP contribution in [0.4, 0.5) is 5.82 Å². The van der Waals surface area contributed by atoms with Gasteiger partial charge in [-0.3, -0.25) is 0 Å². The maximum absolute atomic E-state index is 12.7. The quantitative estimate of drug-likeness (QED) is 0.840. The van der Waals surface area contributed by atoms with Crippen molar-refractivity contribution >= 4 is 15.8 Å². The smallest absolute Gasteiger partial charge is 0.245 e. The van der Waals surface area contributed by atoms with Crippen molar-refractivity contribution in [3.8, 4) is 0 Å². The minimum atomic E-state index is -3.55. The number of furan rings is 1. The summed E-state index contributed by atoms with van der Waals surface area (Å²) in [6, 6.07) is 6.68. The van der Waals surface area contributed by atoms with Crippen LogP contribution in [-0.4, -0.2) is 29.8 Å². The Kier molecular flexibility index (Phi) is 5.43. The van der Waals surface area contributed by atoms with E-state index in [1.54, 1.807) is 18.4 Å². The molecule has 0 bridgehead atoms. The van der Waals surface area contributed by atoms with E-state index >= 15 is 0 Å². The van der Waals surface area contributed by atoms with Crippen LogP contribution in [0.25, 0.3) is 0 Å². The molecular weight excluding hydrogens is 314 g/mol. The van der Waals surface area contributed by atoms with Gasteiger partial charge < -0.3 is 9.73 Å². The summed E-state index contributed by atoms with van der Waals surface area (Å²) in [5.41, 5.74) is 0. The maximum atomic E-state index is 12.7. The minimum absolute atomic E-state index is 0.114. The van der Waals surface area contributed by atoms with E-state index in [2.05, 4.69) is 10.3 Å². The Morgan fingerprint density at radius 1 is 1.17 bits per heavy atom. The highest BCUT2D eigenvalue weighted by molar-refractivity contribution is 7.89. The molecule has 2 heterocycles. The van der Waals surface area contributed by atoms with E-state index in [1.807, 2.05) is 39.8 Å². The average molecular weight is 337 g/mol. The van der Waals surface area contributed by atoms with Crippen LogP contribution in [0.5, 0.6) is 0 Å². The van der Waals surface area contributed by atoms with Crippen LogP contribution in [-0.2, 0) is 16.6 Å². The van der Waals surface area contributed by atoms with Crippen LogP contribution in [0.15, 0.2) is 46.0 Å². The number of aromatic nitrogens is 1. The molecule has 2 aromatic rings. The van der Waals surface area contributed by atoms with Gasteiger partial charge in [0.05, 0.1) is 12.8 Å². The van der Waals surface area contributed by atoms with E-state index in [4.69, 9.17) is 4.42 Å². The Morgan fingerprint density at radius 3 is 2.35 bits per heavy atom. The topological polar surface area (TPSA) is 75.4 Å². The summed E-state index contributed by atoms with van der Waals surface area (Å²) < 4.78 is 32.2. The van der Waals surface area contributed by atoms with Gasteiger partial charge in [0.2, 0.25) is 10.0 Å². The van der Waals surface area contributed by atoms with E-state index in [0.29, 0.717) is 12.4 Å². The Labute approximate surface area is 137 Å². The lowest BCUT2D eigenvalue weighted by molar-refractivity contribution is 0.302. The molecular formula is C16H23N3O3S. The fourth-order valence-electron chi connectivity index (χ4n) is 2.50. The Balaban J connectivity index is 2.14. The fourth-order valence-corrected chi connectivity index (χ4v) is 4.28. The van der Waals surface area contributed by atoms with Crippen LogP contribution < -0.4 is 5.32 Å². The summed E-state index contributed by atoms with van der Waals surface area (Å²) in [7, 11) is -3.55. The molecule has 0 atom stereocenters. The van der Waals surface area contributed by atoms with Crippen molar-refractivity contribution in [1.82, 2.24) is 9.29 Å². The molecule has 2 aromatic heterocycles. The number of pyridine rings is 1. The molecule has 7 heteroatoms. The second kappa shape index (κ2) is 7.14. The number of anilines is 1. The summed E-state index contributed by atoms with van der Waals surface area (Å²) in [5, 5.41) is 3.09. The zero-order chi connectivity index (χ0) is 17.0. The third-order valence-corrected chi connectivity index (χ3v) is 5.59. The largest absolute Gasteiger partial charge is 0.467 e. The van der Waals surface area contributed by atoms with E-state index < -0.39 is 10.0 Å². The normalized spacial score (nSPS) is 12.3. The maximum Gasteiger partial charge on any atom is 0.245 e. The second-order valence-electron chi connectivity index (χ2n) is 5.83. The molecule has 0 amide bonds.